The third-order valence-corrected chi connectivity index (χ3v) is 7.60. The number of aliphatic carboxylic acids is 2. The van der Waals surface area contributed by atoms with E-state index in [-0.39, 0.29) is 5.91 Å². The molecule has 2 aromatic carbocycles. The first kappa shape index (κ1) is 37.3. The van der Waals surface area contributed by atoms with Crippen LogP contribution in [0.1, 0.15) is 108 Å². The van der Waals surface area contributed by atoms with Crippen molar-refractivity contribution < 1.29 is 29.0 Å². The van der Waals surface area contributed by atoms with Gasteiger partial charge in [0.2, 0.25) is 0 Å². The van der Waals surface area contributed by atoms with Gasteiger partial charge in [0.1, 0.15) is 11.3 Å². The Hall–Kier alpha value is -3.85. The van der Waals surface area contributed by atoms with Crippen molar-refractivity contribution in [1.82, 2.24) is 4.90 Å². The molecule has 0 saturated carbocycles. The molecule has 0 aliphatic heterocycles. The number of rotatable bonds is 17. The Morgan fingerprint density at radius 3 is 1.84 bits per heavy atom. The van der Waals surface area contributed by atoms with E-state index in [1.54, 1.807) is 0 Å². The van der Waals surface area contributed by atoms with E-state index in [0.29, 0.717) is 11.5 Å². The van der Waals surface area contributed by atoms with Gasteiger partial charge in [-0.05, 0) is 87.7 Å². The average Bonchev–Trinajstić information content (AvgIpc) is 3.39. The zero-order chi connectivity index (χ0) is 33.4. The Morgan fingerprint density at radius 2 is 1.36 bits per heavy atom. The van der Waals surface area contributed by atoms with Gasteiger partial charge in [0.15, 0.2) is 0 Å². The number of fused-ring (bicyclic) bond motifs is 1. The summed E-state index contributed by atoms with van der Waals surface area (Å²) in [5.41, 5.74) is 4.83. The van der Waals surface area contributed by atoms with Gasteiger partial charge in [-0.15, -0.1) is 0 Å². The van der Waals surface area contributed by atoms with Crippen molar-refractivity contribution in [2.24, 2.45) is 0 Å². The van der Waals surface area contributed by atoms with Gasteiger partial charge in [-0.1, -0.05) is 54.4 Å². The van der Waals surface area contributed by atoms with Crippen LogP contribution in [0, 0.1) is 0 Å². The largest absolute Gasteiger partial charge is 0.473 e. The van der Waals surface area contributed by atoms with Gasteiger partial charge in [-0.3, -0.25) is 4.79 Å². The average molecular weight is 624 g/mol. The van der Waals surface area contributed by atoms with Crippen LogP contribution in [0.4, 0.5) is 11.4 Å². The molecule has 1 aromatic heterocycles. The molecule has 0 aliphatic rings. The standard InChI is InChI=1S/C34H51N3O2.C2H2O4/c1-7-11-22-36(23-12-8-2)24-19-30-31-25-28(15-18-32(31)39-33(30)26(5)6)35-34(38)27-13-16-29(17-14-27)37(20-9-3)21-10-4;3-1(4)2(5)6/h13-18,25-26H,7-12,19-24H2,1-6H3,(H,35,38);(H,3,4)(H,5,6). The van der Waals surface area contributed by atoms with Gasteiger partial charge in [0.05, 0.1) is 0 Å². The summed E-state index contributed by atoms with van der Waals surface area (Å²) in [5.74, 6) is -2.36. The topological polar surface area (TPSA) is 123 Å². The Kier molecular flexibility index (Phi) is 16.2. The summed E-state index contributed by atoms with van der Waals surface area (Å²) in [6.07, 6.45) is 8.08. The number of anilines is 2. The van der Waals surface area contributed by atoms with E-state index >= 15 is 0 Å². The Labute approximate surface area is 268 Å². The van der Waals surface area contributed by atoms with Crippen molar-refractivity contribution in [1.29, 1.82) is 0 Å². The van der Waals surface area contributed by atoms with Crippen molar-refractivity contribution in [3.63, 3.8) is 0 Å². The Bertz CT molecular complexity index is 1320. The highest BCUT2D eigenvalue weighted by Gasteiger charge is 2.19. The maximum absolute atomic E-state index is 13.1. The summed E-state index contributed by atoms with van der Waals surface area (Å²) in [7, 11) is 0. The van der Waals surface area contributed by atoms with Crippen LogP contribution in [0.15, 0.2) is 46.9 Å². The molecule has 3 aromatic rings. The molecule has 0 radical (unpaired) electrons. The number of carbonyl (C=O) groups excluding carboxylic acids is 1. The van der Waals surface area contributed by atoms with Crippen LogP contribution in [0.5, 0.6) is 0 Å². The third-order valence-electron chi connectivity index (χ3n) is 7.60. The lowest BCUT2D eigenvalue weighted by atomic mass is 10.0. The van der Waals surface area contributed by atoms with Gasteiger partial charge < -0.3 is 29.7 Å². The van der Waals surface area contributed by atoms with E-state index in [9.17, 15) is 4.79 Å². The molecule has 9 nitrogen and oxygen atoms in total. The molecule has 0 unspecified atom stereocenters. The quantitative estimate of drug-likeness (QED) is 0.129. The maximum Gasteiger partial charge on any atom is 0.414 e. The number of carbonyl (C=O) groups is 3. The second-order valence-corrected chi connectivity index (χ2v) is 11.7. The zero-order valence-electron chi connectivity index (χ0n) is 28.0. The smallest absolute Gasteiger partial charge is 0.414 e. The molecule has 3 rings (SSSR count). The first-order valence-corrected chi connectivity index (χ1v) is 16.5. The molecular formula is C36H53N3O6. The fraction of sp³-hybridized carbons (Fsp3) is 0.528. The highest BCUT2D eigenvalue weighted by Crippen LogP contribution is 2.33. The highest BCUT2D eigenvalue weighted by atomic mass is 16.4. The first-order chi connectivity index (χ1) is 21.6. The molecule has 1 amide bonds. The monoisotopic (exact) mass is 623 g/mol. The lowest BCUT2D eigenvalue weighted by molar-refractivity contribution is -0.159. The summed E-state index contributed by atoms with van der Waals surface area (Å²) in [6.45, 7) is 18.7. The number of carboxylic acid groups (broad SMARTS) is 2. The molecule has 248 valence electrons. The number of hydrogen-bond donors (Lipinski definition) is 3. The number of unbranched alkanes of at least 4 members (excludes halogenated alkanes) is 2. The van der Waals surface area contributed by atoms with Gasteiger partial charge in [0.25, 0.3) is 5.91 Å². The third kappa shape index (κ3) is 11.9. The summed E-state index contributed by atoms with van der Waals surface area (Å²) < 4.78 is 6.34. The number of benzene rings is 2. The predicted molar refractivity (Wildman–Crippen MR) is 183 cm³/mol. The zero-order valence-corrected chi connectivity index (χ0v) is 28.0. The van der Waals surface area contributed by atoms with Crippen LogP contribution < -0.4 is 10.2 Å². The first-order valence-electron chi connectivity index (χ1n) is 16.5. The molecule has 0 bridgehead atoms. The summed E-state index contributed by atoms with van der Waals surface area (Å²) in [5, 5.41) is 19.0. The van der Waals surface area contributed by atoms with E-state index in [0.717, 1.165) is 74.4 Å². The molecule has 0 atom stereocenters. The molecule has 0 fully saturated rings. The number of furan rings is 1. The van der Waals surface area contributed by atoms with Gasteiger partial charge >= 0.3 is 11.9 Å². The van der Waals surface area contributed by atoms with Crippen LogP contribution in [-0.4, -0.2) is 65.7 Å². The summed E-state index contributed by atoms with van der Waals surface area (Å²) >= 11 is 0. The second-order valence-electron chi connectivity index (χ2n) is 11.7. The highest BCUT2D eigenvalue weighted by molar-refractivity contribution is 6.27. The molecule has 0 aliphatic carbocycles. The van der Waals surface area contributed by atoms with E-state index in [2.05, 4.69) is 74.9 Å². The van der Waals surface area contributed by atoms with Gasteiger partial charge in [-0.2, -0.15) is 0 Å². The van der Waals surface area contributed by atoms with E-state index in [1.165, 1.54) is 36.9 Å². The predicted octanol–water partition coefficient (Wildman–Crippen LogP) is 8.04. The minimum absolute atomic E-state index is 0.0853. The second kappa shape index (κ2) is 19.5. The normalized spacial score (nSPS) is 11.0. The van der Waals surface area contributed by atoms with Gasteiger partial charge in [-0.25, -0.2) is 9.59 Å². The van der Waals surface area contributed by atoms with Crippen molar-refractivity contribution in [3.8, 4) is 0 Å². The summed E-state index contributed by atoms with van der Waals surface area (Å²) in [4.78, 5) is 36.3. The van der Waals surface area contributed by atoms with Crippen LogP contribution in [-0.2, 0) is 16.0 Å². The van der Waals surface area contributed by atoms with E-state index < -0.39 is 11.9 Å². The number of nitrogens with one attached hydrogen (secondary N) is 1. The van der Waals surface area contributed by atoms with Crippen molar-refractivity contribution in [3.05, 3.63) is 59.4 Å². The maximum atomic E-state index is 13.1. The minimum Gasteiger partial charge on any atom is -0.473 e. The van der Waals surface area contributed by atoms with Crippen LogP contribution in [0.25, 0.3) is 11.0 Å². The number of amides is 1. The summed E-state index contributed by atoms with van der Waals surface area (Å²) in [6, 6.07) is 14.0. The molecule has 1 heterocycles. The number of nitrogens with zero attached hydrogens (tertiary/aromatic N) is 2. The Morgan fingerprint density at radius 1 is 0.778 bits per heavy atom. The lowest BCUT2D eigenvalue weighted by Crippen LogP contribution is -2.28. The molecule has 9 heteroatoms. The fourth-order valence-electron chi connectivity index (χ4n) is 5.28. The molecule has 0 spiro atoms. The van der Waals surface area contributed by atoms with Crippen LogP contribution >= 0.6 is 0 Å². The van der Waals surface area contributed by atoms with E-state index in [4.69, 9.17) is 24.2 Å². The number of hydrogen-bond acceptors (Lipinski definition) is 6. The minimum atomic E-state index is -1.82. The van der Waals surface area contributed by atoms with Crippen molar-refractivity contribution in [2.75, 3.05) is 42.9 Å². The lowest BCUT2D eigenvalue weighted by Gasteiger charge is -2.23. The van der Waals surface area contributed by atoms with Crippen molar-refractivity contribution in [2.45, 2.75) is 92.4 Å². The SMILES string of the molecule is CCCCN(CCCC)CCc1c(C(C)C)oc2ccc(NC(=O)c3ccc(N(CCC)CCC)cc3)cc12.O=C(O)C(=O)O. The van der Waals surface area contributed by atoms with Gasteiger partial charge in [0, 0.05) is 53.4 Å². The molecule has 0 saturated heterocycles. The van der Waals surface area contributed by atoms with Crippen LogP contribution in [0.2, 0.25) is 0 Å². The Balaban J connectivity index is 0.00000107. The van der Waals surface area contributed by atoms with Crippen molar-refractivity contribution >= 4 is 40.2 Å². The molecule has 3 N–H and O–H groups in total. The van der Waals surface area contributed by atoms with Crippen LogP contribution in [0.3, 0.4) is 0 Å². The molecule has 45 heavy (non-hydrogen) atoms. The van der Waals surface area contributed by atoms with E-state index in [1.807, 2.05) is 24.3 Å². The molecular weight excluding hydrogens is 570 g/mol. The number of carboxylic acids is 2. The fourth-order valence-corrected chi connectivity index (χ4v) is 5.28.